The number of nitrogens with zero attached hydrogens (tertiary/aromatic N) is 3. The maximum absolute atomic E-state index is 14.2. The van der Waals surface area contributed by atoms with E-state index in [1.54, 1.807) is 5.01 Å². The summed E-state index contributed by atoms with van der Waals surface area (Å²) in [5, 5.41) is 16.4. The van der Waals surface area contributed by atoms with E-state index in [-0.39, 0.29) is 18.7 Å². The fourth-order valence-corrected chi connectivity index (χ4v) is 5.31. The van der Waals surface area contributed by atoms with Crippen LogP contribution in [-0.2, 0) is 11.3 Å². The molecule has 0 radical (unpaired) electrons. The zero-order chi connectivity index (χ0) is 22.8. The van der Waals surface area contributed by atoms with Crippen LogP contribution >= 0.6 is 0 Å². The number of carbonyl (C=O) groups is 1. The smallest absolute Gasteiger partial charge is 0.349 e. The monoisotopic (exact) mass is 447 g/mol. The second kappa shape index (κ2) is 9.65. The second-order valence-electron chi connectivity index (χ2n) is 9.47. The third-order valence-corrected chi connectivity index (χ3v) is 7.18. The van der Waals surface area contributed by atoms with Crippen LogP contribution in [0.2, 0.25) is 0 Å². The molecule has 2 heterocycles. The van der Waals surface area contributed by atoms with Gasteiger partial charge >= 0.3 is 6.03 Å². The van der Waals surface area contributed by atoms with Crippen molar-refractivity contribution in [2.75, 3.05) is 18.1 Å². The SMILES string of the molecule is Cc1ccc2c(c1)N(c1ccc(CO)cc1)C(=O)N(C1CCOCC1)N=C2C1CCCCC1. The number of aliphatic hydroxyl groups excluding tert-OH is 1. The van der Waals surface area contributed by atoms with Gasteiger partial charge in [-0.15, -0.1) is 0 Å². The summed E-state index contributed by atoms with van der Waals surface area (Å²) in [4.78, 5) is 16.0. The van der Waals surface area contributed by atoms with Crippen molar-refractivity contribution in [2.24, 2.45) is 11.0 Å². The normalized spacial score (nSPS) is 20.4. The van der Waals surface area contributed by atoms with Crippen molar-refractivity contribution < 1.29 is 14.6 Å². The fraction of sp³-hybridized carbons (Fsp3) is 0.481. The lowest BCUT2D eigenvalue weighted by molar-refractivity contribution is 0.0480. The molecule has 0 atom stereocenters. The van der Waals surface area contributed by atoms with Crippen LogP contribution in [-0.4, -0.2) is 41.1 Å². The first-order valence-corrected chi connectivity index (χ1v) is 12.3. The zero-order valence-corrected chi connectivity index (χ0v) is 19.4. The van der Waals surface area contributed by atoms with Crippen LogP contribution < -0.4 is 4.90 Å². The predicted molar refractivity (Wildman–Crippen MR) is 130 cm³/mol. The van der Waals surface area contributed by atoms with E-state index in [1.807, 2.05) is 29.2 Å². The van der Waals surface area contributed by atoms with Crippen LogP contribution in [0.3, 0.4) is 0 Å². The number of fused-ring (bicyclic) bond motifs is 1. The van der Waals surface area contributed by atoms with Crippen LogP contribution in [0.4, 0.5) is 16.2 Å². The van der Waals surface area contributed by atoms with Crippen LogP contribution in [0.15, 0.2) is 47.6 Å². The molecular formula is C27H33N3O3. The summed E-state index contributed by atoms with van der Waals surface area (Å²) in [5.41, 5.74) is 5.74. The van der Waals surface area contributed by atoms with Gasteiger partial charge in [-0.05, 0) is 61.9 Å². The zero-order valence-electron chi connectivity index (χ0n) is 19.4. The van der Waals surface area contributed by atoms with Gasteiger partial charge in [0.25, 0.3) is 0 Å². The Bertz CT molecular complexity index is 1020. The van der Waals surface area contributed by atoms with Crippen molar-refractivity contribution in [1.29, 1.82) is 0 Å². The highest BCUT2D eigenvalue weighted by molar-refractivity contribution is 6.14. The average molecular weight is 448 g/mol. The summed E-state index contributed by atoms with van der Waals surface area (Å²) in [6, 6.07) is 13.9. The largest absolute Gasteiger partial charge is 0.392 e. The molecule has 1 N–H and O–H groups in total. The number of hydrogen-bond acceptors (Lipinski definition) is 4. The van der Waals surface area contributed by atoms with E-state index in [9.17, 15) is 9.90 Å². The molecular weight excluding hydrogens is 414 g/mol. The maximum Gasteiger partial charge on any atom is 0.349 e. The number of anilines is 2. The van der Waals surface area contributed by atoms with E-state index in [2.05, 4.69) is 25.1 Å². The molecule has 0 spiro atoms. The molecule has 2 aromatic carbocycles. The van der Waals surface area contributed by atoms with Gasteiger partial charge in [0.05, 0.1) is 29.7 Å². The van der Waals surface area contributed by atoms with E-state index in [0.717, 1.165) is 59.5 Å². The summed E-state index contributed by atoms with van der Waals surface area (Å²) in [7, 11) is 0. The topological polar surface area (TPSA) is 65.4 Å². The molecule has 0 aromatic heterocycles. The van der Waals surface area contributed by atoms with Gasteiger partial charge in [-0.3, -0.25) is 4.90 Å². The lowest BCUT2D eigenvalue weighted by atomic mass is 9.82. The van der Waals surface area contributed by atoms with Crippen LogP contribution in [0.1, 0.15) is 61.6 Å². The first-order valence-electron chi connectivity index (χ1n) is 12.3. The first-order chi connectivity index (χ1) is 16.2. The summed E-state index contributed by atoms with van der Waals surface area (Å²) < 4.78 is 5.59. The van der Waals surface area contributed by atoms with Gasteiger partial charge in [0.1, 0.15) is 0 Å². The Hall–Kier alpha value is -2.70. The van der Waals surface area contributed by atoms with E-state index in [4.69, 9.17) is 9.84 Å². The minimum atomic E-state index is -0.115. The highest BCUT2D eigenvalue weighted by Gasteiger charge is 2.37. The number of hydrazone groups is 1. The van der Waals surface area contributed by atoms with E-state index < -0.39 is 0 Å². The standard InChI is InChI=1S/C27H33N3O3/c1-19-7-12-24-25(17-19)29(22-10-8-20(18-31)9-11-22)27(32)30(23-13-15-33-16-14-23)28-26(24)21-5-3-2-4-6-21/h7-12,17,21,23,31H,2-6,13-16,18H2,1H3. The lowest BCUT2D eigenvalue weighted by Gasteiger charge is -2.33. The highest BCUT2D eigenvalue weighted by atomic mass is 16.5. The molecule has 6 heteroatoms. The van der Waals surface area contributed by atoms with Crippen LogP contribution in [0, 0.1) is 12.8 Å². The number of benzene rings is 2. The molecule has 1 saturated heterocycles. The molecule has 2 fully saturated rings. The Balaban J connectivity index is 1.66. The number of aryl methyl sites for hydroxylation is 1. The van der Waals surface area contributed by atoms with Crippen molar-refractivity contribution >= 4 is 23.1 Å². The molecule has 3 aliphatic rings. The number of hydrogen-bond donors (Lipinski definition) is 1. The third-order valence-electron chi connectivity index (χ3n) is 7.18. The number of rotatable bonds is 4. The second-order valence-corrected chi connectivity index (χ2v) is 9.47. The Kier molecular flexibility index (Phi) is 6.47. The van der Waals surface area contributed by atoms with Gasteiger partial charge in [-0.25, -0.2) is 9.80 Å². The molecule has 174 valence electrons. The Morgan fingerprint density at radius 1 is 1.00 bits per heavy atom. The molecule has 0 unspecified atom stereocenters. The Morgan fingerprint density at radius 2 is 1.73 bits per heavy atom. The van der Waals surface area contributed by atoms with Gasteiger partial charge < -0.3 is 9.84 Å². The minimum Gasteiger partial charge on any atom is -0.392 e. The third kappa shape index (κ3) is 4.42. The number of urea groups is 1. The quantitative estimate of drug-likeness (QED) is 0.671. The summed E-state index contributed by atoms with van der Waals surface area (Å²) in [5.74, 6) is 0.368. The van der Waals surface area contributed by atoms with Crippen LogP contribution in [0.25, 0.3) is 0 Å². The van der Waals surface area contributed by atoms with Gasteiger partial charge in [-0.2, -0.15) is 5.10 Å². The Labute approximate surface area is 195 Å². The van der Waals surface area contributed by atoms with Crippen molar-refractivity contribution in [3.8, 4) is 0 Å². The van der Waals surface area contributed by atoms with Gasteiger partial charge in [0.2, 0.25) is 0 Å². The van der Waals surface area contributed by atoms with Crippen molar-refractivity contribution in [3.05, 3.63) is 59.2 Å². The molecule has 1 saturated carbocycles. The highest BCUT2D eigenvalue weighted by Crippen LogP contribution is 2.39. The molecule has 2 amide bonds. The van der Waals surface area contributed by atoms with Gasteiger partial charge in [-0.1, -0.05) is 43.5 Å². The lowest BCUT2D eigenvalue weighted by Crippen LogP contribution is -2.45. The summed E-state index contributed by atoms with van der Waals surface area (Å²) in [6.07, 6.45) is 7.52. The van der Waals surface area contributed by atoms with Crippen molar-refractivity contribution in [1.82, 2.24) is 5.01 Å². The first kappa shape index (κ1) is 22.1. The van der Waals surface area contributed by atoms with Crippen LogP contribution in [0.5, 0.6) is 0 Å². The summed E-state index contributed by atoms with van der Waals surface area (Å²) >= 11 is 0. The number of amides is 2. The molecule has 1 aliphatic carbocycles. The van der Waals surface area contributed by atoms with Crippen molar-refractivity contribution in [2.45, 2.75) is 64.5 Å². The predicted octanol–water partition coefficient (Wildman–Crippen LogP) is 5.52. The molecule has 2 aliphatic heterocycles. The molecule has 33 heavy (non-hydrogen) atoms. The van der Waals surface area contributed by atoms with E-state index >= 15 is 0 Å². The van der Waals surface area contributed by atoms with Gasteiger partial charge in [0, 0.05) is 24.7 Å². The number of carbonyl (C=O) groups excluding carboxylic acids is 1. The maximum atomic E-state index is 14.2. The number of ether oxygens (including phenoxy) is 1. The minimum absolute atomic E-state index is 0.0208. The average Bonchev–Trinajstić information content (AvgIpc) is 2.99. The van der Waals surface area contributed by atoms with Gasteiger partial charge in [0.15, 0.2) is 0 Å². The fourth-order valence-electron chi connectivity index (χ4n) is 5.31. The van der Waals surface area contributed by atoms with Crippen molar-refractivity contribution in [3.63, 3.8) is 0 Å². The number of aliphatic hydroxyl groups is 1. The molecule has 0 bridgehead atoms. The van der Waals surface area contributed by atoms with E-state index in [1.165, 1.54) is 19.3 Å². The Morgan fingerprint density at radius 3 is 2.42 bits per heavy atom. The molecule has 2 aromatic rings. The molecule has 5 rings (SSSR count). The summed E-state index contributed by atoms with van der Waals surface area (Å²) in [6.45, 7) is 3.35. The van der Waals surface area contributed by atoms with E-state index in [0.29, 0.717) is 19.1 Å². The molecule has 6 nitrogen and oxygen atoms in total.